The first kappa shape index (κ1) is 15.0. The quantitative estimate of drug-likeness (QED) is 0.773. The zero-order valence-corrected chi connectivity index (χ0v) is 13.3. The van der Waals surface area contributed by atoms with Crippen LogP contribution in [0.3, 0.4) is 0 Å². The first-order valence-electron chi connectivity index (χ1n) is 7.33. The Balaban J connectivity index is 2.32. The number of aromatic amines is 1. The summed E-state index contributed by atoms with van der Waals surface area (Å²) in [5.74, 6) is 1.27. The van der Waals surface area contributed by atoms with Gasteiger partial charge in [0.2, 0.25) is 5.88 Å². The summed E-state index contributed by atoms with van der Waals surface area (Å²) in [5.41, 5.74) is 1.87. The second-order valence-corrected chi connectivity index (χ2v) is 5.57. The lowest BCUT2D eigenvalue weighted by atomic mass is 9.99. The number of H-pyrrole nitrogens is 1. The topological polar surface area (TPSA) is 42.8 Å². The Bertz CT molecular complexity index is 617. The van der Waals surface area contributed by atoms with E-state index in [2.05, 4.69) is 28.4 Å². The minimum atomic E-state index is 0.627. The molecule has 0 amide bonds. The Hall–Kier alpha value is -1.36. The lowest BCUT2D eigenvalue weighted by Gasteiger charge is -2.15. The van der Waals surface area contributed by atoms with Crippen LogP contribution in [0.2, 0.25) is 0 Å². The van der Waals surface area contributed by atoms with E-state index in [1.807, 2.05) is 12.1 Å². The fraction of sp³-hybridized carbons (Fsp3) is 0.600. The van der Waals surface area contributed by atoms with Crippen molar-refractivity contribution >= 4 is 23.4 Å². The van der Waals surface area contributed by atoms with Gasteiger partial charge in [-0.25, -0.2) is 0 Å². The molecule has 0 aromatic carbocycles. The molecule has 2 heterocycles. The highest BCUT2D eigenvalue weighted by Gasteiger charge is 2.12. The second-order valence-electron chi connectivity index (χ2n) is 5.18. The Morgan fingerprint density at radius 2 is 2.20 bits per heavy atom. The van der Waals surface area contributed by atoms with E-state index in [-0.39, 0.29) is 0 Å². The molecule has 2 aromatic heterocycles. The molecule has 110 valence electrons. The van der Waals surface area contributed by atoms with Crippen LogP contribution in [0.5, 0.6) is 5.88 Å². The molecule has 1 unspecified atom stereocenters. The Labute approximate surface area is 125 Å². The van der Waals surface area contributed by atoms with E-state index < -0.39 is 0 Å². The second kappa shape index (κ2) is 6.88. The predicted octanol–water partition coefficient (Wildman–Crippen LogP) is 4.32. The molecular weight excluding hydrogens is 270 g/mol. The number of pyridine rings is 1. The highest BCUT2D eigenvalue weighted by atomic mass is 32.1. The van der Waals surface area contributed by atoms with Crippen molar-refractivity contribution in [2.24, 2.45) is 5.92 Å². The van der Waals surface area contributed by atoms with Gasteiger partial charge in [0.25, 0.3) is 0 Å². The van der Waals surface area contributed by atoms with Gasteiger partial charge in [-0.3, -0.25) is 0 Å². The van der Waals surface area contributed by atoms with E-state index in [0.29, 0.717) is 11.8 Å². The number of methoxy groups -OCH3 is 1. The molecule has 20 heavy (non-hydrogen) atoms. The minimum Gasteiger partial charge on any atom is -0.481 e. The van der Waals surface area contributed by atoms with Crippen LogP contribution < -0.4 is 4.74 Å². The number of nitrogens with zero attached hydrogens (tertiary/aromatic N) is 2. The Morgan fingerprint density at radius 1 is 1.40 bits per heavy atom. The molecule has 0 saturated carbocycles. The smallest absolute Gasteiger partial charge is 0.215 e. The van der Waals surface area contributed by atoms with Gasteiger partial charge in [-0.1, -0.05) is 33.1 Å². The fourth-order valence-electron chi connectivity index (χ4n) is 2.47. The molecular formula is C15H23N3OS. The van der Waals surface area contributed by atoms with E-state index in [1.165, 1.54) is 25.7 Å². The first-order valence-corrected chi connectivity index (χ1v) is 7.74. The van der Waals surface area contributed by atoms with E-state index in [1.54, 1.807) is 7.11 Å². The standard InChI is InChI=1S/C15H23N3OS/c1-4-6-7-11(5-2)10-18-14-12(16-15(18)20)8-9-13(17-14)19-3/h8-9,11H,4-7,10H2,1-3H3,(H,16,20). The summed E-state index contributed by atoms with van der Waals surface area (Å²) in [5, 5.41) is 0. The fourth-order valence-corrected chi connectivity index (χ4v) is 2.74. The van der Waals surface area contributed by atoms with Crippen molar-refractivity contribution in [3.05, 3.63) is 16.9 Å². The normalized spacial score (nSPS) is 12.8. The zero-order chi connectivity index (χ0) is 14.5. The molecule has 0 aliphatic heterocycles. The zero-order valence-electron chi connectivity index (χ0n) is 12.5. The van der Waals surface area contributed by atoms with Crippen molar-refractivity contribution in [2.45, 2.75) is 46.1 Å². The van der Waals surface area contributed by atoms with Gasteiger partial charge in [0.15, 0.2) is 10.4 Å². The van der Waals surface area contributed by atoms with Gasteiger partial charge < -0.3 is 14.3 Å². The van der Waals surface area contributed by atoms with Crippen LogP contribution in [0, 0.1) is 10.7 Å². The predicted molar refractivity (Wildman–Crippen MR) is 84.8 cm³/mol. The third kappa shape index (κ3) is 3.20. The minimum absolute atomic E-state index is 0.627. The average molecular weight is 293 g/mol. The number of fused-ring (bicyclic) bond motifs is 1. The monoisotopic (exact) mass is 293 g/mol. The SMILES string of the molecule is CCCCC(CC)Cn1c(=S)[nH]c2ccc(OC)nc21. The van der Waals surface area contributed by atoms with E-state index in [0.717, 1.165) is 22.5 Å². The van der Waals surface area contributed by atoms with Gasteiger partial charge >= 0.3 is 0 Å². The molecule has 2 aromatic rings. The number of hydrogen-bond donors (Lipinski definition) is 1. The summed E-state index contributed by atoms with van der Waals surface area (Å²) >= 11 is 5.44. The van der Waals surface area contributed by atoms with Crippen molar-refractivity contribution in [1.29, 1.82) is 0 Å². The molecule has 0 bridgehead atoms. The summed E-state index contributed by atoms with van der Waals surface area (Å²) < 4.78 is 8.06. The van der Waals surface area contributed by atoms with E-state index in [4.69, 9.17) is 17.0 Å². The molecule has 0 saturated heterocycles. The van der Waals surface area contributed by atoms with E-state index in [9.17, 15) is 0 Å². The maximum Gasteiger partial charge on any atom is 0.215 e. The van der Waals surface area contributed by atoms with Gasteiger partial charge in [0.05, 0.1) is 12.6 Å². The molecule has 0 fully saturated rings. The number of nitrogens with one attached hydrogen (secondary N) is 1. The molecule has 0 spiro atoms. The van der Waals surface area contributed by atoms with Crippen LogP contribution >= 0.6 is 12.2 Å². The van der Waals surface area contributed by atoms with Crippen LogP contribution in [0.15, 0.2) is 12.1 Å². The van der Waals surface area contributed by atoms with Gasteiger partial charge in [0, 0.05) is 12.6 Å². The van der Waals surface area contributed by atoms with Crippen molar-refractivity contribution in [1.82, 2.24) is 14.5 Å². The molecule has 5 heteroatoms. The number of unbranched alkanes of at least 4 members (excludes halogenated alkanes) is 1. The maximum absolute atomic E-state index is 5.44. The van der Waals surface area contributed by atoms with Gasteiger partial charge in [-0.15, -0.1) is 0 Å². The Morgan fingerprint density at radius 3 is 2.85 bits per heavy atom. The highest BCUT2D eigenvalue weighted by molar-refractivity contribution is 7.71. The molecule has 1 atom stereocenters. The Kier molecular flexibility index (Phi) is 5.17. The molecule has 0 aliphatic carbocycles. The van der Waals surface area contributed by atoms with Crippen molar-refractivity contribution < 1.29 is 4.74 Å². The maximum atomic E-state index is 5.44. The van der Waals surface area contributed by atoms with Gasteiger partial charge in [-0.05, 0) is 30.6 Å². The van der Waals surface area contributed by atoms with Crippen LogP contribution in [0.25, 0.3) is 11.2 Å². The van der Waals surface area contributed by atoms with Crippen molar-refractivity contribution in [2.75, 3.05) is 7.11 Å². The number of rotatable bonds is 7. The number of ether oxygens (including phenoxy) is 1. The van der Waals surface area contributed by atoms with Gasteiger partial charge in [-0.2, -0.15) is 4.98 Å². The summed E-state index contributed by atoms with van der Waals surface area (Å²) in [4.78, 5) is 7.75. The third-order valence-electron chi connectivity index (χ3n) is 3.79. The lowest BCUT2D eigenvalue weighted by Crippen LogP contribution is -2.11. The summed E-state index contributed by atoms with van der Waals surface area (Å²) in [6.07, 6.45) is 4.91. The number of imidazole rings is 1. The van der Waals surface area contributed by atoms with Crippen LogP contribution in [-0.2, 0) is 6.54 Å². The molecule has 0 radical (unpaired) electrons. The third-order valence-corrected chi connectivity index (χ3v) is 4.11. The largest absolute Gasteiger partial charge is 0.481 e. The molecule has 1 N–H and O–H groups in total. The van der Waals surface area contributed by atoms with Crippen LogP contribution in [0.4, 0.5) is 0 Å². The van der Waals surface area contributed by atoms with Crippen LogP contribution in [-0.4, -0.2) is 21.6 Å². The molecule has 0 aliphatic rings. The van der Waals surface area contributed by atoms with Crippen LogP contribution in [0.1, 0.15) is 39.5 Å². The van der Waals surface area contributed by atoms with Crippen molar-refractivity contribution in [3.8, 4) is 5.88 Å². The summed E-state index contributed by atoms with van der Waals surface area (Å²) in [6.45, 7) is 5.40. The summed E-state index contributed by atoms with van der Waals surface area (Å²) in [6, 6.07) is 3.83. The number of hydrogen-bond acceptors (Lipinski definition) is 3. The highest BCUT2D eigenvalue weighted by Crippen LogP contribution is 2.21. The number of aromatic nitrogens is 3. The summed E-state index contributed by atoms with van der Waals surface area (Å²) in [7, 11) is 1.63. The lowest BCUT2D eigenvalue weighted by molar-refractivity contribution is 0.387. The van der Waals surface area contributed by atoms with E-state index >= 15 is 0 Å². The van der Waals surface area contributed by atoms with Gasteiger partial charge in [0.1, 0.15) is 0 Å². The average Bonchev–Trinajstić information content (AvgIpc) is 2.78. The van der Waals surface area contributed by atoms with Crippen molar-refractivity contribution in [3.63, 3.8) is 0 Å². The first-order chi connectivity index (χ1) is 9.69. The molecule has 4 nitrogen and oxygen atoms in total. The molecule has 2 rings (SSSR count).